The molecule has 3 N–H and O–H groups in total. The van der Waals surface area contributed by atoms with Crippen LogP contribution in [0.1, 0.15) is 23.2 Å². The molecule has 3 rings (SSSR count). The van der Waals surface area contributed by atoms with Crippen LogP contribution in [-0.2, 0) is 4.79 Å². The molecule has 30 heavy (non-hydrogen) atoms. The molecule has 1 aromatic heterocycles. The first kappa shape index (κ1) is 21.1. The Kier molecular flexibility index (Phi) is 6.52. The molecule has 0 saturated heterocycles. The van der Waals surface area contributed by atoms with Crippen LogP contribution in [0.25, 0.3) is 10.9 Å². The molecule has 0 saturated carbocycles. The molecule has 0 aliphatic carbocycles. The number of benzene rings is 2. The number of H-pyrrole nitrogens is 1. The number of nitrogens with zero attached hydrogens (tertiary/aromatic N) is 3. The smallest absolute Gasteiger partial charge is 0.269 e. The van der Waals surface area contributed by atoms with Gasteiger partial charge < -0.3 is 15.4 Å². The fourth-order valence-corrected chi connectivity index (χ4v) is 3.03. The van der Waals surface area contributed by atoms with Gasteiger partial charge in [0.05, 0.1) is 10.4 Å². The average molecular weight is 474 g/mol. The largest absolute Gasteiger partial charge is 0.493 e. The van der Waals surface area contributed by atoms with E-state index in [9.17, 15) is 24.8 Å². The minimum absolute atomic E-state index is 0.0524. The highest BCUT2D eigenvalue weighted by molar-refractivity contribution is 9.10. The molecule has 0 aliphatic heterocycles. The second-order valence-electron chi connectivity index (χ2n) is 6.27. The van der Waals surface area contributed by atoms with E-state index in [1.807, 2.05) is 0 Å². The molecule has 0 bridgehead atoms. The molecule has 0 atom stereocenters. The molecular formula is C19H16BrN5O5. The summed E-state index contributed by atoms with van der Waals surface area (Å²) in [5.41, 5.74) is 1.01. The van der Waals surface area contributed by atoms with Gasteiger partial charge in [-0.2, -0.15) is 0 Å². The monoisotopic (exact) mass is 473 g/mol. The molecule has 0 spiro atoms. The zero-order valence-corrected chi connectivity index (χ0v) is 17.0. The van der Waals surface area contributed by atoms with Crippen LogP contribution >= 0.6 is 15.9 Å². The molecule has 154 valence electrons. The van der Waals surface area contributed by atoms with Crippen molar-refractivity contribution in [2.24, 2.45) is 10.2 Å². The number of nitrogens with one attached hydrogen (secondary N) is 2. The Balaban J connectivity index is 1.49. The van der Waals surface area contributed by atoms with Crippen LogP contribution in [0.2, 0.25) is 0 Å². The Morgan fingerprint density at radius 2 is 1.93 bits per heavy atom. The Morgan fingerprint density at radius 1 is 1.20 bits per heavy atom. The molecule has 0 radical (unpaired) electrons. The van der Waals surface area contributed by atoms with Gasteiger partial charge in [-0.1, -0.05) is 15.9 Å². The van der Waals surface area contributed by atoms with E-state index in [2.05, 4.69) is 36.5 Å². The molecule has 2 aromatic carbocycles. The SMILES string of the molecule is O=C(CCCNC(=O)c1ccc([N+](=O)[O-])cc1)N=Nc1c(O)[nH]c2ccc(Br)cc12. The number of nitro benzene ring substituents is 1. The van der Waals surface area contributed by atoms with Gasteiger partial charge in [-0.25, -0.2) is 0 Å². The second kappa shape index (κ2) is 9.27. The number of carbonyl (C=O) groups excluding carboxylic acids is 2. The summed E-state index contributed by atoms with van der Waals surface area (Å²) in [5.74, 6) is -1.08. The standard InChI is InChI=1S/C19H16BrN5O5/c20-12-5-8-15-14(10-12)17(19(28)22-15)24-23-16(26)2-1-9-21-18(27)11-3-6-13(7-4-11)25(29)30/h3-8,10,22,28H,1-2,9H2,(H,21,27). The first-order valence-electron chi connectivity index (χ1n) is 8.82. The number of hydrogen-bond donors (Lipinski definition) is 3. The third kappa shape index (κ3) is 5.06. The molecule has 10 nitrogen and oxygen atoms in total. The minimum Gasteiger partial charge on any atom is -0.493 e. The van der Waals surface area contributed by atoms with Gasteiger partial charge in [0.15, 0.2) is 5.69 Å². The lowest BCUT2D eigenvalue weighted by Crippen LogP contribution is -2.24. The molecule has 0 unspecified atom stereocenters. The summed E-state index contributed by atoms with van der Waals surface area (Å²) in [5, 5.41) is 31.3. The Labute approximate surface area is 178 Å². The van der Waals surface area contributed by atoms with Crippen molar-refractivity contribution in [3.63, 3.8) is 0 Å². The number of halogens is 1. The second-order valence-corrected chi connectivity index (χ2v) is 7.18. The van der Waals surface area contributed by atoms with Crippen molar-refractivity contribution in [1.29, 1.82) is 0 Å². The lowest BCUT2D eigenvalue weighted by Gasteiger charge is -2.04. The lowest BCUT2D eigenvalue weighted by atomic mass is 10.2. The van der Waals surface area contributed by atoms with Crippen LogP contribution in [-0.4, -0.2) is 33.4 Å². The molecule has 2 amide bonds. The normalized spacial score (nSPS) is 11.1. The number of carbonyl (C=O) groups is 2. The molecular weight excluding hydrogens is 458 g/mol. The van der Waals surface area contributed by atoms with E-state index in [4.69, 9.17) is 0 Å². The van der Waals surface area contributed by atoms with Gasteiger partial charge in [0.1, 0.15) is 0 Å². The van der Waals surface area contributed by atoms with Crippen molar-refractivity contribution in [3.05, 3.63) is 62.6 Å². The first-order chi connectivity index (χ1) is 14.3. The molecule has 0 aliphatic rings. The van der Waals surface area contributed by atoms with Crippen LogP contribution in [0.3, 0.4) is 0 Å². The van der Waals surface area contributed by atoms with Gasteiger partial charge in [-0.3, -0.25) is 19.7 Å². The molecule has 1 heterocycles. The van der Waals surface area contributed by atoms with Crippen molar-refractivity contribution >= 4 is 50.0 Å². The summed E-state index contributed by atoms with van der Waals surface area (Å²) in [7, 11) is 0. The summed E-state index contributed by atoms with van der Waals surface area (Å²) in [6.45, 7) is 0.225. The van der Waals surface area contributed by atoms with Crippen molar-refractivity contribution in [2.75, 3.05) is 6.54 Å². The number of rotatable bonds is 7. The van der Waals surface area contributed by atoms with E-state index in [0.717, 1.165) is 4.47 Å². The Hall–Kier alpha value is -3.60. The zero-order chi connectivity index (χ0) is 21.7. The molecule has 0 fully saturated rings. The predicted molar refractivity (Wildman–Crippen MR) is 112 cm³/mol. The fraction of sp³-hybridized carbons (Fsp3) is 0.158. The van der Waals surface area contributed by atoms with Crippen LogP contribution in [0.5, 0.6) is 5.88 Å². The van der Waals surface area contributed by atoms with E-state index in [1.165, 1.54) is 24.3 Å². The van der Waals surface area contributed by atoms with Crippen LogP contribution in [0.15, 0.2) is 57.2 Å². The van der Waals surface area contributed by atoms with Crippen LogP contribution in [0, 0.1) is 10.1 Å². The van der Waals surface area contributed by atoms with Crippen molar-refractivity contribution < 1.29 is 19.6 Å². The van der Waals surface area contributed by atoms with Gasteiger partial charge in [0.2, 0.25) is 5.88 Å². The number of non-ortho nitro benzene ring substituents is 1. The van der Waals surface area contributed by atoms with Gasteiger partial charge in [0, 0.05) is 40.5 Å². The topological polar surface area (TPSA) is 150 Å². The zero-order valence-electron chi connectivity index (χ0n) is 15.5. The number of aromatic hydroxyl groups is 1. The maximum Gasteiger partial charge on any atom is 0.269 e. The van der Waals surface area contributed by atoms with E-state index >= 15 is 0 Å². The summed E-state index contributed by atoms with van der Waals surface area (Å²) < 4.78 is 0.792. The predicted octanol–water partition coefficient (Wildman–Crippen LogP) is 4.36. The molecule has 11 heteroatoms. The highest BCUT2D eigenvalue weighted by Crippen LogP contribution is 2.36. The number of azo groups is 1. The summed E-state index contributed by atoms with van der Waals surface area (Å²) >= 11 is 3.34. The quantitative estimate of drug-likeness (QED) is 0.201. The fourth-order valence-electron chi connectivity index (χ4n) is 2.67. The minimum atomic E-state index is -0.545. The number of aromatic nitrogens is 1. The average Bonchev–Trinajstić information content (AvgIpc) is 3.03. The van der Waals surface area contributed by atoms with Crippen LogP contribution < -0.4 is 5.32 Å². The third-order valence-electron chi connectivity index (χ3n) is 4.17. The maximum atomic E-state index is 12.0. The number of amides is 2. The van der Waals surface area contributed by atoms with E-state index < -0.39 is 16.7 Å². The van der Waals surface area contributed by atoms with Crippen LogP contribution in [0.4, 0.5) is 11.4 Å². The van der Waals surface area contributed by atoms with E-state index in [1.54, 1.807) is 18.2 Å². The maximum absolute atomic E-state index is 12.0. The third-order valence-corrected chi connectivity index (χ3v) is 4.66. The first-order valence-corrected chi connectivity index (χ1v) is 9.62. The molecule has 3 aromatic rings. The van der Waals surface area contributed by atoms with Crippen molar-refractivity contribution in [1.82, 2.24) is 10.3 Å². The van der Waals surface area contributed by atoms with Crippen molar-refractivity contribution in [3.8, 4) is 5.88 Å². The summed E-state index contributed by atoms with van der Waals surface area (Å²) in [4.78, 5) is 36.8. The van der Waals surface area contributed by atoms with Crippen molar-refractivity contribution in [2.45, 2.75) is 12.8 Å². The number of fused-ring (bicyclic) bond motifs is 1. The van der Waals surface area contributed by atoms with E-state index in [0.29, 0.717) is 17.3 Å². The van der Waals surface area contributed by atoms with Gasteiger partial charge in [-0.05, 0) is 36.8 Å². The summed E-state index contributed by atoms with van der Waals surface area (Å²) in [6.07, 6.45) is 0.388. The summed E-state index contributed by atoms with van der Waals surface area (Å²) in [6, 6.07) is 10.5. The van der Waals surface area contributed by atoms with Gasteiger partial charge in [-0.15, -0.1) is 10.2 Å². The number of nitro groups is 1. The highest BCUT2D eigenvalue weighted by Gasteiger charge is 2.12. The van der Waals surface area contributed by atoms with Gasteiger partial charge >= 0.3 is 0 Å². The number of aromatic amines is 1. The lowest BCUT2D eigenvalue weighted by molar-refractivity contribution is -0.384. The number of hydrogen-bond acceptors (Lipinski definition) is 6. The van der Waals surface area contributed by atoms with E-state index in [-0.39, 0.29) is 35.8 Å². The Bertz CT molecular complexity index is 1140. The Morgan fingerprint density at radius 3 is 2.63 bits per heavy atom. The highest BCUT2D eigenvalue weighted by atomic mass is 79.9. The van der Waals surface area contributed by atoms with Gasteiger partial charge in [0.25, 0.3) is 17.5 Å².